The molecule has 0 bridgehead atoms. The molecule has 1 aromatic rings. The maximum atomic E-state index is 11.5. The van der Waals surface area contributed by atoms with Crippen molar-refractivity contribution in [1.29, 1.82) is 0 Å². The van der Waals surface area contributed by atoms with Crippen molar-refractivity contribution in [2.45, 2.75) is 45.1 Å². The van der Waals surface area contributed by atoms with Gasteiger partial charge in [0.1, 0.15) is 12.4 Å². The molecule has 1 aliphatic carbocycles. The number of para-hydroxylation sites is 1. The molecule has 0 aromatic heterocycles. The van der Waals surface area contributed by atoms with Crippen LogP contribution in [-0.4, -0.2) is 23.1 Å². The van der Waals surface area contributed by atoms with Crippen molar-refractivity contribution in [3.05, 3.63) is 29.8 Å². The Bertz CT molecular complexity index is 445. The molecular formula is C16H22O3. The molecule has 0 saturated heterocycles. The first kappa shape index (κ1) is 14.1. The molecule has 0 spiro atoms. The van der Waals surface area contributed by atoms with Gasteiger partial charge >= 0.3 is 0 Å². The van der Waals surface area contributed by atoms with Gasteiger partial charge in [0.15, 0.2) is 5.78 Å². The van der Waals surface area contributed by atoms with Crippen LogP contribution in [0.2, 0.25) is 0 Å². The Morgan fingerprint density at radius 3 is 2.63 bits per heavy atom. The highest BCUT2D eigenvalue weighted by Crippen LogP contribution is 2.32. The van der Waals surface area contributed by atoms with Gasteiger partial charge in [0.25, 0.3) is 0 Å². The van der Waals surface area contributed by atoms with E-state index in [1.807, 2.05) is 12.1 Å². The van der Waals surface area contributed by atoms with Crippen molar-refractivity contribution in [1.82, 2.24) is 0 Å². The molecule has 3 heteroatoms. The number of carbonyl (C=O) groups excluding carboxylic acids is 1. The molecule has 0 unspecified atom stereocenters. The topological polar surface area (TPSA) is 46.5 Å². The van der Waals surface area contributed by atoms with Gasteiger partial charge < -0.3 is 9.84 Å². The monoisotopic (exact) mass is 262 g/mol. The summed E-state index contributed by atoms with van der Waals surface area (Å²) < 4.78 is 5.71. The molecule has 104 valence electrons. The fraction of sp³-hybridized carbons (Fsp3) is 0.562. The number of ether oxygens (including phenoxy) is 1. The van der Waals surface area contributed by atoms with Gasteiger partial charge in [-0.2, -0.15) is 0 Å². The SMILES string of the molecule is CC(=O)c1ccccc1OCC1(O)CCC(C)CC1. The minimum absolute atomic E-state index is 0.0140. The molecular weight excluding hydrogens is 240 g/mol. The van der Waals surface area contributed by atoms with Gasteiger partial charge in [-0.3, -0.25) is 4.79 Å². The number of aliphatic hydroxyl groups is 1. The normalized spacial score (nSPS) is 27.0. The van der Waals surface area contributed by atoms with Crippen LogP contribution >= 0.6 is 0 Å². The first-order chi connectivity index (χ1) is 9.00. The summed E-state index contributed by atoms with van der Waals surface area (Å²) in [7, 11) is 0. The van der Waals surface area contributed by atoms with Crippen LogP contribution in [0.25, 0.3) is 0 Å². The summed E-state index contributed by atoms with van der Waals surface area (Å²) in [6.45, 7) is 4.01. The summed E-state index contributed by atoms with van der Waals surface area (Å²) in [5, 5.41) is 10.5. The smallest absolute Gasteiger partial charge is 0.163 e. The molecule has 1 N–H and O–H groups in total. The average Bonchev–Trinajstić information content (AvgIpc) is 2.41. The van der Waals surface area contributed by atoms with E-state index in [4.69, 9.17) is 4.74 Å². The third-order valence-corrected chi connectivity index (χ3v) is 3.97. The third-order valence-electron chi connectivity index (χ3n) is 3.97. The predicted molar refractivity (Wildman–Crippen MR) is 74.5 cm³/mol. The van der Waals surface area contributed by atoms with Crippen LogP contribution in [0.4, 0.5) is 0 Å². The molecule has 0 amide bonds. The van der Waals surface area contributed by atoms with Crippen LogP contribution < -0.4 is 4.74 Å². The van der Waals surface area contributed by atoms with E-state index < -0.39 is 5.60 Å². The lowest BCUT2D eigenvalue weighted by molar-refractivity contribution is -0.0426. The van der Waals surface area contributed by atoms with E-state index in [0.29, 0.717) is 17.2 Å². The molecule has 3 nitrogen and oxygen atoms in total. The zero-order valence-corrected chi connectivity index (χ0v) is 11.7. The summed E-state index contributed by atoms with van der Waals surface area (Å²) in [6.07, 6.45) is 3.62. The summed E-state index contributed by atoms with van der Waals surface area (Å²) in [4.78, 5) is 11.5. The Labute approximate surface area is 114 Å². The van der Waals surface area contributed by atoms with Crippen molar-refractivity contribution in [3.8, 4) is 5.75 Å². The Morgan fingerprint density at radius 1 is 1.37 bits per heavy atom. The maximum absolute atomic E-state index is 11.5. The first-order valence-corrected chi connectivity index (χ1v) is 6.95. The summed E-state index contributed by atoms with van der Waals surface area (Å²) in [5.74, 6) is 1.24. The molecule has 1 aromatic carbocycles. The largest absolute Gasteiger partial charge is 0.490 e. The van der Waals surface area contributed by atoms with Gasteiger partial charge in [-0.25, -0.2) is 0 Å². The van der Waals surface area contributed by atoms with E-state index >= 15 is 0 Å². The maximum Gasteiger partial charge on any atom is 0.163 e. The van der Waals surface area contributed by atoms with E-state index in [1.54, 1.807) is 12.1 Å². The Kier molecular flexibility index (Phi) is 4.25. The quantitative estimate of drug-likeness (QED) is 0.847. The molecule has 1 saturated carbocycles. The number of Topliss-reactive ketones (excluding diaryl/α,β-unsaturated/α-hetero) is 1. The van der Waals surface area contributed by atoms with Crippen molar-refractivity contribution in [3.63, 3.8) is 0 Å². The number of rotatable bonds is 4. The lowest BCUT2D eigenvalue weighted by Gasteiger charge is -2.34. The molecule has 0 radical (unpaired) electrons. The number of hydrogen-bond donors (Lipinski definition) is 1. The average molecular weight is 262 g/mol. The van der Waals surface area contributed by atoms with Crippen molar-refractivity contribution < 1.29 is 14.6 Å². The molecule has 0 aliphatic heterocycles. The van der Waals surface area contributed by atoms with Crippen LogP contribution in [0.1, 0.15) is 49.9 Å². The van der Waals surface area contributed by atoms with Gasteiger partial charge in [-0.05, 0) is 50.7 Å². The van der Waals surface area contributed by atoms with Gasteiger partial charge in [0, 0.05) is 0 Å². The van der Waals surface area contributed by atoms with E-state index in [1.165, 1.54) is 6.92 Å². The van der Waals surface area contributed by atoms with Crippen molar-refractivity contribution in [2.75, 3.05) is 6.61 Å². The summed E-state index contributed by atoms with van der Waals surface area (Å²) in [6, 6.07) is 7.20. The summed E-state index contributed by atoms with van der Waals surface area (Å²) in [5.41, 5.74) is -0.161. The highest BCUT2D eigenvalue weighted by molar-refractivity contribution is 5.96. The number of ketones is 1. The molecule has 19 heavy (non-hydrogen) atoms. The Hall–Kier alpha value is -1.35. The lowest BCUT2D eigenvalue weighted by Crippen LogP contribution is -2.39. The van der Waals surface area contributed by atoms with Gasteiger partial charge in [0.05, 0.1) is 11.2 Å². The zero-order valence-electron chi connectivity index (χ0n) is 11.7. The lowest BCUT2D eigenvalue weighted by atomic mass is 9.80. The first-order valence-electron chi connectivity index (χ1n) is 6.95. The van der Waals surface area contributed by atoms with Crippen molar-refractivity contribution >= 4 is 5.78 Å². The number of benzene rings is 1. The Balaban J connectivity index is 2.01. The van der Waals surface area contributed by atoms with Crippen LogP contribution in [0.15, 0.2) is 24.3 Å². The molecule has 1 aliphatic rings. The molecule has 0 atom stereocenters. The summed E-state index contributed by atoms with van der Waals surface area (Å²) >= 11 is 0. The Morgan fingerprint density at radius 2 is 2.00 bits per heavy atom. The molecule has 1 fully saturated rings. The fourth-order valence-electron chi connectivity index (χ4n) is 2.54. The standard InChI is InChI=1S/C16H22O3/c1-12-7-9-16(18,10-8-12)11-19-15-6-4-3-5-14(15)13(2)17/h3-6,12,18H,7-11H2,1-2H3. The second-order valence-electron chi connectivity index (χ2n) is 5.75. The van der Waals surface area contributed by atoms with E-state index in [9.17, 15) is 9.90 Å². The van der Waals surface area contributed by atoms with Crippen LogP contribution in [0.3, 0.4) is 0 Å². The van der Waals surface area contributed by atoms with Gasteiger partial charge in [0.2, 0.25) is 0 Å². The van der Waals surface area contributed by atoms with Crippen LogP contribution in [-0.2, 0) is 0 Å². The van der Waals surface area contributed by atoms with Crippen molar-refractivity contribution in [2.24, 2.45) is 5.92 Å². The van der Waals surface area contributed by atoms with Gasteiger partial charge in [-0.15, -0.1) is 0 Å². The number of hydrogen-bond acceptors (Lipinski definition) is 3. The number of carbonyl (C=O) groups is 1. The van der Waals surface area contributed by atoms with Crippen LogP contribution in [0, 0.1) is 5.92 Å². The third kappa shape index (κ3) is 3.57. The zero-order chi connectivity index (χ0) is 13.9. The fourth-order valence-corrected chi connectivity index (χ4v) is 2.54. The van der Waals surface area contributed by atoms with E-state index in [2.05, 4.69) is 6.92 Å². The van der Waals surface area contributed by atoms with Gasteiger partial charge in [-0.1, -0.05) is 19.1 Å². The van der Waals surface area contributed by atoms with E-state index in [0.717, 1.165) is 25.7 Å². The second-order valence-corrected chi connectivity index (χ2v) is 5.75. The van der Waals surface area contributed by atoms with E-state index in [-0.39, 0.29) is 12.4 Å². The molecule has 2 rings (SSSR count). The highest BCUT2D eigenvalue weighted by Gasteiger charge is 2.32. The highest BCUT2D eigenvalue weighted by atomic mass is 16.5. The second kappa shape index (κ2) is 5.74. The molecule has 0 heterocycles. The minimum Gasteiger partial charge on any atom is -0.490 e. The minimum atomic E-state index is -0.740. The predicted octanol–water partition coefficient (Wildman–Crippen LogP) is 3.21. The van der Waals surface area contributed by atoms with Crippen LogP contribution in [0.5, 0.6) is 5.75 Å².